The number of para-hydroxylation sites is 1. The highest BCUT2D eigenvalue weighted by atomic mass is 19.1. The van der Waals surface area contributed by atoms with E-state index in [1.807, 2.05) is 6.92 Å². The summed E-state index contributed by atoms with van der Waals surface area (Å²) in [6.45, 7) is 2.27. The fourth-order valence-electron chi connectivity index (χ4n) is 2.52. The first kappa shape index (κ1) is 15.0. The molecule has 3 amide bonds. The lowest BCUT2D eigenvalue weighted by molar-refractivity contribution is -0.122. The van der Waals surface area contributed by atoms with E-state index in [0.717, 1.165) is 0 Å². The van der Waals surface area contributed by atoms with Gasteiger partial charge in [-0.3, -0.25) is 9.69 Å². The first-order valence-corrected chi connectivity index (χ1v) is 7.38. The summed E-state index contributed by atoms with van der Waals surface area (Å²) in [5.41, 5.74) is 1.18. The minimum atomic E-state index is -0.424. The number of carbonyl (C=O) groups excluding carboxylic acids is 2. The lowest BCUT2D eigenvalue weighted by atomic mass is 10.2. The lowest BCUT2D eigenvalue weighted by Gasteiger charge is -2.09. The number of aromatic nitrogens is 1. The van der Waals surface area contributed by atoms with Crippen molar-refractivity contribution in [3.05, 3.63) is 59.8 Å². The van der Waals surface area contributed by atoms with Gasteiger partial charge in [-0.15, -0.1) is 0 Å². The molecule has 1 aromatic heterocycles. The third kappa shape index (κ3) is 2.75. The van der Waals surface area contributed by atoms with Crippen LogP contribution in [0.3, 0.4) is 0 Å². The predicted molar refractivity (Wildman–Crippen MR) is 84.2 cm³/mol. The van der Waals surface area contributed by atoms with Gasteiger partial charge in [0.25, 0.3) is 5.91 Å². The molecule has 0 radical (unpaired) electrons. The Kier molecular flexibility index (Phi) is 3.97. The van der Waals surface area contributed by atoms with E-state index in [1.165, 1.54) is 11.0 Å². The van der Waals surface area contributed by atoms with Crippen LogP contribution in [0.4, 0.5) is 9.18 Å². The molecular formula is C17H16FN3O2. The van der Waals surface area contributed by atoms with E-state index in [-0.39, 0.29) is 17.4 Å². The van der Waals surface area contributed by atoms with Crippen LogP contribution in [0.25, 0.3) is 11.8 Å². The van der Waals surface area contributed by atoms with Gasteiger partial charge in [-0.1, -0.05) is 19.1 Å². The third-order valence-corrected chi connectivity index (χ3v) is 3.59. The fourth-order valence-corrected chi connectivity index (χ4v) is 2.52. The number of amides is 3. The first-order valence-electron chi connectivity index (χ1n) is 7.38. The summed E-state index contributed by atoms with van der Waals surface area (Å²) in [4.78, 5) is 25.2. The van der Waals surface area contributed by atoms with Gasteiger partial charge in [0.1, 0.15) is 11.5 Å². The van der Waals surface area contributed by atoms with Crippen LogP contribution in [0.15, 0.2) is 48.3 Å². The molecule has 1 saturated heterocycles. The number of hydrogen-bond acceptors (Lipinski definition) is 2. The van der Waals surface area contributed by atoms with Crippen molar-refractivity contribution in [2.24, 2.45) is 0 Å². The SMILES string of the molecule is CCCN1C(=O)N/C(=C/c2cccn2-c2ccccc2F)C1=O. The van der Waals surface area contributed by atoms with Gasteiger partial charge in [-0.05, 0) is 36.8 Å². The molecule has 2 aromatic rings. The molecule has 1 aliphatic rings. The van der Waals surface area contributed by atoms with Crippen molar-refractivity contribution in [3.63, 3.8) is 0 Å². The summed E-state index contributed by atoms with van der Waals surface area (Å²) in [5, 5.41) is 2.56. The first-order chi connectivity index (χ1) is 11.1. The standard InChI is InChI=1S/C17H16FN3O2/c1-2-9-21-16(22)14(19-17(21)23)11-12-6-5-10-20(12)15-8-4-3-7-13(15)18/h3-8,10-11H,2,9H2,1H3,(H,19,23)/b14-11+. The molecule has 0 saturated carbocycles. The predicted octanol–water partition coefficient (Wildman–Crippen LogP) is 2.92. The zero-order chi connectivity index (χ0) is 16.4. The largest absolute Gasteiger partial charge is 0.329 e. The molecule has 23 heavy (non-hydrogen) atoms. The zero-order valence-corrected chi connectivity index (χ0v) is 12.6. The van der Waals surface area contributed by atoms with Gasteiger partial charge in [-0.2, -0.15) is 0 Å². The minimum absolute atomic E-state index is 0.194. The maximum Gasteiger partial charge on any atom is 0.329 e. The Morgan fingerprint density at radius 2 is 1.96 bits per heavy atom. The molecule has 0 aliphatic carbocycles. The smallest absolute Gasteiger partial charge is 0.314 e. The van der Waals surface area contributed by atoms with Crippen LogP contribution in [0, 0.1) is 5.82 Å². The Morgan fingerprint density at radius 3 is 2.70 bits per heavy atom. The van der Waals surface area contributed by atoms with E-state index in [2.05, 4.69) is 5.32 Å². The number of hydrogen-bond donors (Lipinski definition) is 1. The fraction of sp³-hybridized carbons (Fsp3) is 0.176. The molecule has 2 heterocycles. The van der Waals surface area contributed by atoms with Crippen molar-refractivity contribution in [1.82, 2.24) is 14.8 Å². The molecule has 1 fully saturated rings. The number of carbonyl (C=O) groups is 2. The molecule has 0 atom stereocenters. The highest BCUT2D eigenvalue weighted by Gasteiger charge is 2.32. The van der Waals surface area contributed by atoms with Crippen LogP contribution in [0.2, 0.25) is 0 Å². The van der Waals surface area contributed by atoms with E-state index in [9.17, 15) is 14.0 Å². The lowest BCUT2D eigenvalue weighted by Crippen LogP contribution is -2.31. The maximum absolute atomic E-state index is 14.0. The number of nitrogens with one attached hydrogen (secondary N) is 1. The van der Waals surface area contributed by atoms with Crippen LogP contribution >= 0.6 is 0 Å². The van der Waals surface area contributed by atoms with E-state index in [4.69, 9.17) is 0 Å². The minimum Gasteiger partial charge on any atom is -0.314 e. The summed E-state index contributed by atoms with van der Waals surface area (Å²) >= 11 is 0. The van der Waals surface area contributed by atoms with Crippen LogP contribution in [0.1, 0.15) is 19.0 Å². The summed E-state index contributed by atoms with van der Waals surface area (Å²) < 4.78 is 15.6. The van der Waals surface area contributed by atoms with Crippen molar-refractivity contribution in [1.29, 1.82) is 0 Å². The van der Waals surface area contributed by atoms with Crippen molar-refractivity contribution >= 4 is 18.0 Å². The number of imide groups is 1. The quantitative estimate of drug-likeness (QED) is 0.697. The van der Waals surface area contributed by atoms with Gasteiger partial charge in [0.15, 0.2) is 0 Å². The Labute approximate surface area is 133 Å². The monoisotopic (exact) mass is 313 g/mol. The van der Waals surface area contributed by atoms with Crippen LogP contribution in [-0.2, 0) is 4.79 Å². The van der Waals surface area contributed by atoms with Crippen molar-refractivity contribution in [2.75, 3.05) is 6.54 Å². The molecular weight excluding hydrogens is 297 g/mol. The molecule has 118 valence electrons. The zero-order valence-electron chi connectivity index (χ0n) is 12.6. The molecule has 1 aromatic carbocycles. The number of halogens is 1. The molecule has 3 rings (SSSR count). The second-order valence-electron chi connectivity index (χ2n) is 5.20. The second-order valence-corrected chi connectivity index (χ2v) is 5.20. The van der Waals surface area contributed by atoms with Crippen molar-refractivity contribution in [3.8, 4) is 5.69 Å². The summed E-state index contributed by atoms with van der Waals surface area (Å²) in [6, 6.07) is 9.45. The number of benzene rings is 1. The molecule has 5 nitrogen and oxygen atoms in total. The van der Waals surface area contributed by atoms with Gasteiger partial charge in [0, 0.05) is 18.4 Å². The Balaban J connectivity index is 1.96. The molecule has 6 heteroatoms. The molecule has 1 N–H and O–H groups in total. The van der Waals surface area contributed by atoms with Crippen LogP contribution in [-0.4, -0.2) is 28.0 Å². The van der Waals surface area contributed by atoms with E-state index in [1.54, 1.807) is 47.2 Å². The van der Waals surface area contributed by atoms with Gasteiger partial charge in [0.05, 0.1) is 5.69 Å². The Hall–Kier alpha value is -2.89. The van der Waals surface area contributed by atoms with Gasteiger partial charge < -0.3 is 9.88 Å². The molecule has 0 bridgehead atoms. The highest BCUT2D eigenvalue weighted by Crippen LogP contribution is 2.20. The topological polar surface area (TPSA) is 54.3 Å². The summed E-state index contributed by atoms with van der Waals surface area (Å²) in [6.07, 6.45) is 3.95. The van der Waals surface area contributed by atoms with Gasteiger partial charge in [-0.25, -0.2) is 9.18 Å². The normalized spacial score (nSPS) is 16.3. The van der Waals surface area contributed by atoms with Crippen molar-refractivity contribution < 1.29 is 14.0 Å². The van der Waals surface area contributed by atoms with Gasteiger partial charge in [0.2, 0.25) is 0 Å². The third-order valence-electron chi connectivity index (χ3n) is 3.59. The number of nitrogens with zero attached hydrogens (tertiary/aromatic N) is 2. The average Bonchev–Trinajstić information content (AvgIpc) is 3.09. The number of rotatable bonds is 4. The van der Waals surface area contributed by atoms with Crippen LogP contribution in [0.5, 0.6) is 0 Å². The summed E-state index contributed by atoms with van der Waals surface area (Å²) in [7, 11) is 0. The number of urea groups is 1. The van der Waals surface area contributed by atoms with Crippen molar-refractivity contribution in [2.45, 2.75) is 13.3 Å². The highest BCUT2D eigenvalue weighted by molar-refractivity contribution is 6.13. The Morgan fingerprint density at radius 1 is 1.17 bits per heavy atom. The molecule has 1 aliphatic heterocycles. The van der Waals surface area contributed by atoms with E-state index >= 15 is 0 Å². The van der Waals surface area contributed by atoms with Gasteiger partial charge >= 0.3 is 6.03 Å². The van der Waals surface area contributed by atoms with E-state index in [0.29, 0.717) is 24.3 Å². The van der Waals surface area contributed by atoms with Crippen LogP contribution < -0.4 is 5.32 Å². The summed E-state index contributed by atoms with van der Waals surface area (Å²) in [5.74, 6) is -0.726. The average molecular weight is 313 g/mol. The second kappa shape index (κ2) is 6.08. The van der Waals surface area contributed by atoms with E-state index < -0.39 is 6.03 Å². The maximum atomic E-state index is 14.0. The molecule has 0 spiro atoms. The molecule has 0 unspecified atom stereocenters. The Bertz CT molecular complexity index is 795.